The molecular formula is C22H25F6N7OS2. The van der Waals surface area contributed by atoms with Crippen molar-refractivity contribution >= 4 is 52.7 Å². The number of urea groups is 1. The van der Waals surface area contributed by atoms with Crippen molar-refractivity contribution in [1.82, 2.24) is 0 Å². The molecule has 16 heteroatoms. The van der Waals surface area contributed by atoms with E-state index < -0.39 is 29.5 Å². The number of carbonyl (C=O) groups excluding carboxylic acids is 1. The largest absolute Gasteiger partial charge is 0.417 e. The first-order chi connectivity index (χ1) is 17.7. The fourth-order valence-corrected chi connectivity index (χ4v) is 4.71. The van der Waals surface area contributed by atoms with Gasteiger partial charge in [0, 0.05) is 32.7 Å². The Bertz CT molecular complexity index is 1090. The van der Waals surface area contributed by atoms with E-state index in [1.54, 1.807) is 6.92 Å². The van der Waals surface area contributed by atoms with Gasteiger partial charge in [0.05, 0.1) is 30.1 Å². The van der Waals surface area contributed by atoms with Gasteiger partial charge >= 0.3 is 18.4 Å². The number of hydrogen-bond acceptors (Lipinski definition) is 5. The summed E-state index contributed by atoms with van der Waals surface area (Å²) in [6.07, 6.45) is -9.43. The van der Waals surface area contributed by atoms with Gasteiger partial charge in [0.15, 0.2) is 5.96 Å². The number of aliphatic imine (C=N–C) groups is 2. The topological polar surface area (TPSA) is 144 Å². The zero-order valence-electron chi connectivity index (χ0n) is 19.9. The summed E-state index contributed by atoms with van der Waals surface area (Å²) in [7, 11) is 0. The predicted octanol–water partition coefficient (Wildman–Crippen LogP) is 5.20. The molecule has 0 spiro atoms. The molecule has 0 atom stereocenters. The van der Waals surface area contributed by atoms with Crippen molar-refractivity contribution in [2.75, 3.05) is 35.2 Å². The lowest BCUT2D eigenvalue weighted by atomic mass is 10.2. The zero-order chi connectivity index (χ0) is 28.5. The first-order valence-electron chi connectivity index (χ1n) is 10.7. The molecule has 0 fully saturated rings. The molecule has 8 nitrogen and oxygen atoms in total. The predicted molar refractivity (Wildman–Crippen MR) is 140 cm³/mol. The molecule has 0 aliphatic carbocycles. The van der Waals surface area contributed by atoms with Crippen molar-refractivity contribution in [3.05, 3.63) is 47.5 Å². The van der Waals surface area contributed by atoms with Crippen LogP contribution < -0.4 is 27.8 Å². The maximum absolute atomic E-state index is 13.6. The van der Waals surface area contributed by atoms with Crippen LogP contribution in [0, 0.1) is 0 Å². The average molecular weight is 582 g/mol. The second-order valence-electron chi connectivity index (χ2n) is 7.52. The third-order valence-corrected chi connectivity index (χ3v) is 6.55. The fraction of sp³-hybridized carbons (Fsp3) is 0.318. The number of amides is 2. The van der Waals surface area contributed by atoms with Crippen molar-refractivity contribution in [1.29, 1.82) is 0 Å². The number of anilines is 2. The molecule has 0 radical (unpaired) electrons. The smallest absolute Gasteiger partial charge is 0.388 e. The number of amidine groups is 1. The molecule has 0 aromatic heterocycles. The molecule has 8 N–H and O–H groups in total. The monoisotopic (exact) mass is 581 g/mol. The number of guanidine groups is 1. The molecule has 2 aromatic carbocycles. The minimum Gasteiger partial charge on any atom is -0.388 e. The molecule has 208 valence electrons. The standard InChI is InChI=1S/C22H25F6N7OS2/c1-12(29)32-6-8-37-17-4-2-13(10-15(17)21(23,24)25)34-20(36)35-14-3-5-18(16(11-14)22(26,27)28)38-9-7-33-19(30)31/h2-5,10-11H,6-9H2,1H3,(H2,29,32)(H4,30,31,33)(H2,34,35,36). The van der Waals surface area contributed by atoms with Crippen molar-refractivity contribution in [2.24, 2.45) is 27.2 Å². The number of alkyl halides is 6. The van der Waals surface area contributed by atoms with Gasteiger partial charge in [-0.2, -0.15) is 26.3 Å². The Morgan fingerprint density at radius 2 is 1.21 bits per heavy atom. The molecule has 2 rings (SSSR count). The second-order valence-corrected chi connectivity index (χ2v) is 9.80. The number of nitrogens with two attached hydrogens (primary N) is 3. The Balaban J connectivity index is 2.15. The van der Waals surface area contributed by atoms with Crippen LogP contribution in [0.1, 0.15) is 18.1 Å². The molecule has 2 aromatic rings. The van der Waals surface area contributed by atoms with Gasteiger partial charge in [0.25, 0.3) is 0 Å². The van der Waals surface area contributed by atoms with E-state index >= 15 is 0 Å². The van der Waals surface area contributed by atoms with Crippen LogP contribution >= 0.6 is 23.5 Å². The Morgan fingerprint density at radius 1 is 0.789 bits per heavy atom. The summed E-state index contributed by atoms with van der Waals surface area (Å²) in [4.78, 5) is 19.8. The van der Waals surface area contributed by atoms with E-state index in [0.29, 0.717) is 5.84 Å². The summed E-state index contributed by atoms with van der Waals surface area (Å²) in [5.74, 6) is 0.542. The third-order valence-electron chi connectivity index (χ3n) is 4.44. The highest BCUT2D eigenvalue weighted by molar-refractivity contribution is 7.99. The molecule has 0 saturated heterocycles. The Labute approximate surface area is 222 Å². The molecule has 38 heavy (non-hydrogen) atoms. The van der Waals surface area contributed by atoms with Crippen LogP contribution in [0.4, 0.5) is 42.5 Å². The zero-order valence-corrected chi connectivity index (χ0v) is 21.5. The van der Waals surface area contributed by atoms with Crippen LogP contribution in [0.3, 0.4) is 0 Å². The SMILES string of the molecule is CC(N)=NCCSc1ccc(NC(=O)Nc2ccc(SCCN=C(N)N)c(C(F)(F)F)c2)cc1C(F)(F)F. The van der Waals surface area contributed by atoms with Gasteiger partial charge in [-0.25, -0.2) is 4.79 Å². The normalized spacial score (nSPS) is 12.2. The number of rotatable bonds is 10. The van der Waals surface area contributed by atoms with E-state index in [0.717, 1.165) is 35.7 Å². The van der Waals surface area contributed by atoms with E-state index in [1.165, 1.54) is 24.3 Å². The van der Waals surface area contributed by atoms with Crippen LogP contribution in [0.25, 0.3) is 0 Å². The van der Waals surface area contributed by atoms with Crippen LogP contribution in [0.15, 0.2) is 56.2 Å². The van der Waals surface area contributed by atoms with Crippen LogP contribution in [-0.4, -0.2) is 42.4 Å². The van der Waals surface area contributed by atoms with Crippen molar-refractivity contribution in [3.8, 4) is 0 Å². The third kappa shape index (κ3) is 10.2. The highest BCUT2D eigenvalue weighted by atomic mass is 32.2. The van der Waals surface area contributed by atoms with Gasteiger partial charge < -0.3 is 27.8 Å². The molecule has 0 saturated carbocycles. The summed E-state index contributed by atoms with van der Waals surface area (Å²) in [6.45, 7) is 1.89. The Morgan fingerprint density at radius 3 is 1.58 bits per heavy atom. The fourth-order valence-electron chi connectivity index (χ4n) is 2.91. The van der Waals surface area contributed by atoms with Crippen molar-refractivity contribution in [2.45, 2.75) is 29.1 Å². The quantitative estimate of drug-likeness (QED) is 0.0858. The van der Waals surface area contributed by atoms with E-state index in [4.69, 9.17) is 17.2 Å². The lowest BCUT2D eigenvalue weighted by Crippen LogP contribution is -2.23. The van der Waals surface area contributed by atoms with Gasteiger partial charge in [-0.15, -0.1) is 23.5 Å². The number of carbonyl (C=O) groups is 1. The maximum atomic E-state index is 13.6. The van der Waals surface area contributed by atoms with Gasteiger partial charge in [0.2, 0.25) is 0 Å². The number of halogens is 6. The van der Waals surface area contributed by atoms with Crippen LogP contribution in [0.2, 0.25) is 0 Å². The first kappa shape index (κ1) is 31.0. The Hall–Kier alpha value is -3.27. The second kappa shape index (κ2) is 13.5. The van der Waals surface area contributed by atoms with Gasteiger partial charge in [-0.1, -0.05) is 0 Å². The van der Waals surface area contributed by atoms with Crippen LogP contribution in [-0.2, 0) is 12.4 Å². The number of thioether (sulfide) groups is 2. The van der Waals surface area contributed by atoms with E-state index in [1.807, 2.05) is 0 Å². The average Bonchev–Trinajstić information content (AvgIpc) is 2.79. The summed E-state index contributed by atoms with van der Waals surface area (Å²) >= 11 is 1.79. The summed E-state index contributed by atoms with van der Waals surface area (Å²) in [6, 6.07) is 5.32. The van der Waals surface area contributed by atoms with Gasteiger partial charge in [0.1, 0.15) is 0 Å². The molecule has 0 bridgehead atoms. The molecule has 0 aliphatic rings. The summed E-state index contributed by atoms with van der Waals surface area (Å²) in [5, 5.41) is 4.43. The number of nitrogens with zero attached hydrogens (tertiary/aromatic N) is 2. The van der Waals surface area contributed by atoms with Gasteiger partial charge in [-0.05, 0) is 43.3 Å². The first-order valence-corrected chi connectivity index (χ1v) is 12.7. The molecule has 2 amide bonds. The van der Waals surface area contributed by atoms with Crippen molar-refractivity contribution < 1.29 is 31.1 Å². The van der Waals surface area contributed by atoms with E-state index in [2.05, 4.69) is 20.6 Å². The number of benzene rings is 2. The van der Waals surface area contributed by atoms with Crippen molar-refractivity contribution in [3.63, 3.8) is 0 Å². The Kier molecular flexibility index (Phi) is 11.0. The minimum atomic E-state index is -4.73. The minimum absolute atomic E-state index is 0.0731. The van der Waals surface area contributed by atoms with E-state index in [-0.39, 0.29) is 51.7 Å². The van der Waals surface area contributed by atoms with Gasteiger partial charge in [-0.3, -0.25) is 9.98 Å². The highest BCUT2D eigenvalue weighted by Crippen LogP contribution is 2.39. The maximum Gasteiger partial charge on any atom is 0.417 e. The highest BCUT2D eigenvalue weighted by Gasteiger charge is 2.35. The number of nitrogens with one attached hydrogen (secondary N) is 2. The summed E-state index contributed by atoms with van der Waals surface area (Å²) in [5.41, 5.74) is 13.4. The van der Waals surface area contributed by atoms with Crippen LogP contribution in [0.5, 0.6) is 0 Å². The lowest BCUT2D eigenvalue weighted by Gasteiger charge is -2.16. The molecule has 0 aliphatic heterocycles. The molecule has 0 unspecified atom stereocenters. The molecular weight excluding hydrogens is 556 g/mol. The number of hydrogen-bond donors (Lipinski definition) is 5. The summed E-state index contributed by atoms with van der Waals surface area (Å²) < 4.78 is 81.4. The van der Waals surface area contributed by atoms with E-state index in [9.17, 15) is 31.1 Å². The molecule has 0 heterocycles. The lowest BCUT2D eigenvalue weighted by molar-refractivity contribution is -0.140.